The molecule has 0 bridgehead atoms. The largest absolute Gasteiger partial charge is 0.302 e. The second-order valence-corrected chi connectivity index (χ2v) is 11.9. The van der Waals surface area contributed by atoms with Crippen molar-refractivity contribution >= 4 is 55.0 Å². The third-order valence-corrected chi connectivity index (χ3v) is 9.55. The van der Waals surface area contributed by atoms with Crippen LogP contribution in [-0.4, -0.2) is 67.8 Å². The van der Waals surface area contributed by atoms with Crippen molar-refractivity contribution < 1.29 is 13.2 Å². The smallest absolute Gasteiger partial charge is 0.260 e. The van der Waals surface area contributed by atoms with Crippen LogP contribution < -0.4 is 4.90 Å². The van der Waals surface area contributed by atoms with Crippen LogP contribution in [0.5, 0.6) is 0 Å². The Bertz CT molecular complexity index is 1270. The zero-order chi connectivity index (χ0) is 25.0. The van der Waals surface area contributed by atoms with Crippen LogP contribution in [0.4, 0.5) is 5.13 Å². The zero-order valence-corrected chi connectivity index (χ0v) is 23.6. The van der Waals surface area contributed by atoms with Gasteiger partial charge in [0.25, 0.3) is 5.91 Å². The first-order valence-electron chi connectivity index (χ1n) is 12.3. The number of nitrogens with zero attached hydrogens (tertiary/aromatic N) is 4. The van der Waals surface area contributed by atoms with Crippen molar-refractivity contribution in [1.29, 1.82) is 0 Å². The summed E-state index contributed by atoms with van der Waals surface area (Å²) >= 11 is 1.51. The number of hydrogen-bond donors (Lipinski definition) is 0. The lowest BCUT2D eigenvalue weighted by Gasteiger charge is -2.26. The minimum Gasteiger partial charge on any atom is -0.302 e. The first kappa shape index (κ1) is 28.5. The van der Waals surface area contributed by atoms with Crippen LogP contribution in [0.15, 0.2) is 47.4 Å². The molecule has 0 N–H and O–H groups in total. The van der Waals surface area contributed by atoms with E-state index in [-0.39, 0.29) is 23.2 Å². The SMILES string of the molecule is CCN(CC)CCN(C(=O)c1ccc(S(=O)(=O)N2CCCCC2)cc1)c1nc2ccc(C)cc2s1.Cl. The first-order chi connectivity index (χ1) is 16.8. The minimum absolute atomic E-state index is 0. The van der Waals surface area contributed by atoms with Crippen molar-refractivity contribution in [2.24, 2.45) is 0 Å². The Hall–Kier alpha value is -2.04. The second kappa shape index (κ2) is 12.5. The lowest BCUT2D eigenvalue weighted by Crippen LogP contribution is -2.39. The van der Waals surface area contributed by atoms with E-state index in [4.69, 9.17) is 4.98 Å². The van der Waals surface area contributed by atoms with Gasteiger partial charge in [-0.1, -0.05) is 37.7 Å². The summed E-state index contributed by atoms with van der Waals surface area (Å²) in [5.74, 6) is -0.171. The van der Waals surface area contributed by atoms with Crippen LogP contribution >= 0.6 is 23.7 Å². The third-order valence-electron chi connectivity index (χ3n) is 6.60. The van der Waals surface area contributed by atoms with Gasteiger partial charge in [-0.2, -0.15) is 4.31 Å². The maximum atomic E-state index is 13.7. The van der Waals surface area contributed by atoms with Gasteiger partial charge >= 0.3 is 0 Å². The topological polar surface area (TPSA) is 73.8 Å². The number of hydrogen-bond acceptors (Lipinski definition) is 6. The number of fused-ring (bicyclic) bond motifs is 1. The standard InChI is InChI=1S/C26H34N4O3S2.ClH/c1-4-28(5-2)17-18-30(26-27-23-14-9-20(3)19-24(23)34-26)25(31)21-10-12-22(13-11-21)35(32,33)29-15-7-6-8-16-29;/h9-14,19H,4-8,15-18H2,1-3H3;1H. The Morgan fingerprint density at radius 3 is 2.31 bits per heavy atom. The number of anilines is 1. The van der Waals surface area contributed by atoms with E-state index in [2.05, 4.69) is 24.8 Å². The van der Waals surface area contributed by atoms with Crippen LogP contribution in [0.2, 0.25) is 0 Å². The average Bonchev–Trinajstić information content (AvgIpc) is 3.29. The number of amides is 1. The molecule has 1 aliphatic rings. The van der Waals surface area contributed by atoms with Gasteiger partial charge in [0.15, 0.2) is 5.13 Å². The summed E-state index contributed by atoms with van der Waals surface area (Å²) in [6.45, 7) is 10.4. The van der Waals surface area contributed by atoms with Gasteiger partial charge in [0.1, 0.15) is 0 Å². The molecule has 10 heteroatoms. The Morgan fingerprint density at radius 2 is 1.67 bits per heavy atom. The molecule has 1 fully saturated rings. The lowest BCUT2D eigenvalue weighted by atomic mass is 10.2. The Kier molecular flexibility index (Phi) is 9.88. The van der Waals surface area contributed by atoms with E-state index in [1.54, 1.807) is 33.5 Å². The quantitative estimate of drug-likeness (QED) is 0.366. The van der Waals surface area contributed by atoms with Crippen LogP contribution in [0.3, 0.4) is 0 Å². The number of carbonyl (C=O) groups excluding carboxylic acids is 1. The molecule has 0 atom stereocenters. The number of aromatic nitrogens is 1. The number of benzene rings is 2. The van der Waals surface area contributed by atoms with Gasteiger partial charge in [0, 0.05) is 31.7 Å². The number of aryl methyl sites for hydroxylation is 1. The molecule has 1 aromatic heterocycles. The van der Waals surface area contributed by atoms with Gasteiger partial charge in [0.2, 0.25) is 10.0 Å². The monoisotopic (exact) mass is 550 g/mol. The Balaban J connectivity index is 0.00000361. The Morgan fingerprint density at radius 1 is 1.00 bits per heavy atom. The number of piperidine rings is 1. The van der Waals surface area contributed by atoms with Crippen molar-refractivity contribution in [3.05, 3.63) is 53.6 Å². The van der Waals surface area contributed by atoms with Gasteiger partial charge in [-0.15, -0.1) is 12.4 Å². The fraction of sp³-hybridized carbons (Fsp3) is 0.462. The van der Waals surface area contributed by atoms with E-state index in [1.165, 1.54) is 11.3 Å². The van der Waals surface area contributed by atoms with Gasteiger partial charge in [-0.3, -0.25) is 9.69 Å². The predicted molar refractivity (Wildman–Crippen MR) is 150 cm³/mol. The van der Waals surface area contributed by atoms with Crippen LogP contribution in [0, 0.1) is 6.92 Å². The Labute approximate surface area is 224 Å². The highest BCUT2D eigenvalue weighted by atomic mass is 35.5. The number of halogens is 1. The van der Waals surface area contributed by atoms with Crippen molar-refractivity contribution in [3.63, 3.8) is 0 Å². The maximum absolute atomic E-state index is 13.7. The molecule has 7 nitrogen and oxygen atoms in total. The van der Waals surface area contributed by atoms with Crippen molar-refractivity contribution in [2.75, 3.05) is 44.2 Å². The highest BCUT2D eigenvalue weighted by molar-refractivity contribution is 7.89. The third kappa shape index (κ3) is 6.26. The lowest BCUT2D eigenvalue weighted by molar-refractivity contribution is 0.0983. The summed E-state index contributed by atoms with van der Waals surface area (Å²) in [5.41, 5.74) is 2.48. The van der Waals surface area contributed by atoms with Crippen LogP contribution in [-0.2, 0) is 10.0 Å². The summed E-state index contributed by atoms with van der Waals surface area (Å²) in [6, 6.07) is 12.5. The van der Waals surface area contributed by atoms with Crippen molar-refractivity contribution in [3.8, 4) is 0 Å². The van der Waals surface area contributed by atoms with Crippen molar-refractivity contribution in [1.82, 2.24) is 14.2 Å². The molecule has 0 unspecified atom stereocenters. The van der Waals surface area contributed by atoms with Gasteiger partial charge in [-0.25, -0.2) is 13.4 Å². The number of likely N-dealkylation sites (N-methyl/N-ethyl adjacent to an activating group) is 1. The molecule has 0 spiro atoms. The van der Waals surface area contributed by atoms with Gasteiger partial charge in [-0.05, 0) is 74.8 Å². The van der Waals surface area contributed by atoms with E-state index < -0.39 is 10.0 Å². The summed E-state index contributed by atoms with van der Waals surface area (Å²) in [4.78, 5) is 22.6. The zero-order valence-electron chi connectivity index (χ0n) is 21.1. The average molecular weight is 551 g/mol. The highest BCUT2D eigenvalue weighted by Gasteiger charge is 2.27. The molecule has 1 saturated heterocycles. The number of rotatable bonds is 9. The van der Waals surface area contributed by atoms with E-state index >= 15 is 0 Å². The van der Waals surface area contributed by atoms with Gasteiger partial charge in [0.05, 0.1) is 15.1 Å². The number of thiazole rings is 1. The number of sulfonamides is 1. The fourth-order valence-electron chi connectivity index (χ4n) is 4.38. The summed E-state index contributed by atoms with van der Waals surface area (Å²) in [5, 5.41) is 0.660. The molecule has 36 heavy (non-hydrogen) atoms. The minimum atomic E-state index is -3.54. The van der Waals surface area contributed by atoms with Crippen LogP contribution in [0.1, 0.15) is 49.0 Å². The second-order valence-electron chi connectivity index (χ2n) is 8.94. The van der Waals surface area contributed by atoms with E-state index in [1.807, 2.05) is 19.1 Å². The normalized spacial score (nSPS) is 14.7. The molecule has 0 saturated carbocycles. The molecule has 2 aromatic carbocycles. The molecule has 196 valence electrons. The molecule has 0 aliphatic carbocycles. The molecule has 3 aromatic rings. The van der Waals surface area contributed by atoms with Crippen molar-refractivity contribution in [2.45, 2.75) is 44.9 Å². The van der Waals surface area contributed by atoms with Crippen LogP contribution in [0.25, 0.3) is 10.2 Å². The van der Waals surface area contributed by atoms with E-state index in [0.29, 0.717) is 30.3 Å². The predicted octanol–water partition coefficient (Wildman–Crippen LogP) is 5.19. The summed E-state index contributed by atoms with van der Waals surface area (Å²) < 4.78 is 28.6. The molecular weight excluding hydrogens is 516 g/mol. The molecule has 1 aliphatic heterocycles. The molecule has 4 rings (SSSR count). The summed E-state index contributed by atoms with van der Waals surface area (Å²) in [7, 11) is -3.54. The summed E-state index contributed by atoms with van der Waals surface area (Å²) in [6.07, 6.45) is 2.84. The number of carbonyl (C=O) groups is 1. The first-order valence-corrected chi connectivity index (χ1v) is 14.6. The molecule has 0 radical (unpaired) electrons. The molecular formula is C26H35ClN4O3S2. The highest BCUT2D eigenvalue weighted by Crippen LogP contribution is 2.31. The fourth-order valence-corrected chi connectivity index (χ4v) is 6.99. The molecule has 1 amide bonds. The molecule has 2 heterocycles. The van der Waals surface area contributed by atoms with E-state index in [0.717, 1.165) is 54.7 Å². The van der Waals surface area contributed by atoms with E-state index in [9.17, 15) is 13.2 Å². The maximum Gasteiger partial charge on any atom is 0.260 e. The van der Waals surface area contributed by atoms with Gasteiger partial charge < -0.3 is 4.90 Å².